The van der Waals surface area contributed by atoms with E-state index in [9.17, 15) is 4.79 Å². The van der Waals surface area contributed by atoms with E-state index in [1.807, 2.05) is 47.0 Å². The van der Waals surface area contributed by atoms with E-state index in [1.165, 1.54) is 16.5 Å². The number of fused-ring (bicyclic) bond motifs is 6. The number of aromatic nitrogens is 3. The van der Waals surface area contributed by atoms with Crippen LogP contribution in [-0.2, 0) is 6.42 Å². The Balaban J connectivity index is 1.15. The van der Waals surface area contributed by atoms with Gasteiger partial charge in [-0.2, -0.15) is 0 Å². The molecule has 9 aromatic rings. The number of hydrogen-bond donors (Lipinski definition) is 0. The van der Waals surface area contributed by atoms with Crippen LogP contribution in [-0.4, -0.2) is 14.4 Å². The normalized spacial score (nSPS) is 11.8. The smallest absolute Gasteiger partial charge is 0.263 e. The van der Waals surface area contributed by atoms with Gasteiger partial charge in [-0.3, -0.25) is 14.2 Å². The van der Waals surface area contributed by atoms with Crippen molar-refractivity contribution < 1.29 is 0 Å². The zero-order valence-electron chi connectivity index (χ0n) is 23.7. The van der Waals surface area contributed by atoms with Crippen molar-refractivity contribution in [2.75, 3.05) is 0 Å². The van der Waals surface area contributed by atoms with Crippen LogP contribution >= 0.6 is 0 Å². The number of pyridine rings is 3. The molecule has 4 aromatic heterocycles. The standard InChI is InChI=1S/C40H25N3O/c44-40-33-12-5-4-11-31(33)38-39-32(20-21-41-38)34-23-28(18-19-37(34)43(39)40)26-14-16-27(17-15-26)36-24-29(22-25-8-2-1-3-9-25)30-10-6-7-13-35(30)42-36/h1-21,23-24H,22H2. The Bertz CT molecular complexity index is 2590. The van der Waals surface area contributed by atoms with Crippen molar-refractivity contribution in [3.63, 3.8) is 0 Å². The maximum atomic E-state index is 13.6. The maximum absolute atomic E-state index is 13.6. The summed E-state index contributed by atoms with van der Waals surface area (Å²) >= 11 is 0. The Morgan fingerprint density at radius 2 is 1.27 bits per heavy atom. The molecular weight excluding hydrogens is 538 g/mol. The average molecular weight is 564 g/mol. The van der Waals surface area contributed by atoms with Crippen molar-refractivity contribution in [3.05, 3.63) is 161 Å². The molecule has 0 aliphatic carbocycles. The first-order valence-electron chi connectivity index (χ1n) is 14.8. The molecule has 4 heterocycles. The lowest BCUT2D eigenvalue weighted by atomic mass is 9.97. The van der Waals surface area contributed by atoms with E-state index in [2.05, 4.69) is 97.1 Å². The third-order valence-electron chi connectivity index (χ3n) is 8.84. The van der Waals surface area contributed by atoms with Crippen LogP contribution in [0.4, 0.5) is 0 Å². The average Bonchev–Trinajstić information content (AvgIpc) is 3.42. The molecule has 0 aliphatic rings. The van der Waals surface area contributed by atoms with Gasteiger partial charge in [-0.15, -0.1) is 0 Å². The van der Waals surface area contributed by atoms with Gasteiger partial charge in [0, 0.05) is 38.7 Å². The molecule has 0 amide bonds. The first-order valence-corrected chi connectivity index (χ1v) is 14.8. The van der Waals surface area contributed by atoms with Gasteiger partial charge in [0.15, 0.2) is 0 Å². The summed E-state index contributed by atoms with van der Waals surface area (Å²) in [5, 5.41) is 4.86. The number of nitrogens with zero attached hydrogens (tertiary/aromatic N) is 3. The predicted molar refractivity (Wildman–Crippen MR) is 181 cm³/mol. The van der Waals surface area contributed by atoms with Crippen LogP contribution in [0, 0.1) is 0 Å². The van der Waals surface area contributed by atoms with E-state index in [1.54, 1.807) is 0 Å². The lowest BCUT2D eigenvalue weighted by Gasteiger charge is -2.11. The molecule has 5 aromatic carbocycles. The largest absolute Gasteiger partial charge is 0.273 e. The second-order valence-electron chi connectivity index (χ2n) is 11.4. The van der Waals surface area contributed by atoms with E-state index in [0.717, 1.165) is 67.0 Å². The highest BCUT2D eigenvalue weighted by Crippen LogP contribution is 2.36. The molecule has 0 radical (unpaired) electrons. The minimum atomic E-state index is -0.00674. The highest BCUT2D eigenvalue weighted by Gasteiger charge is 2.18. The molecule has 0 saturated carbocycles. The summed E-state index contributed by atoms with van der Waals surface area (Å²) in [5.74, 6) is 0. The van der Waals surface area contributed by atoms with Crippen molar-refractivity contribution in [1.82, 2.24) is 14.4 Å². The van der Waals surface area contributed by atoms with Crippen molar-refractivity contribution in [2.24, 2.45) is 0 Å². The molecule has 9 rings (SSSR count). The fourth-order valence-electron chi connectivity index (χ4n) is 6.74. The van der Waals surface area contributed by atoms with Crippen LogP contribution in [0.5, 0.6) is 0 Å². The van der Waals surface area contributed by atoms with E-state index in [4.69, 9.17) is 9.97 Å². The molecule has 206 valence electrons. The quantitative estimate of drug-likeness (QED) is 0.201. The fraction of sp³-hybridized carbons (Fsp3) is 0.0250. The summed E-state index contributed by atoms with van der Waals surface area (Å²) in [7, 11) is 0. The van der Waals surface area contributed by atoms with Crippen molar-refractivity contribution >= 4 is 49.0 Å². The van der Waals surface area contributed by atoms with E-state index < -0.39 is 0 Å². The Morgan fingerprint density at radius 1 is 0.568 bits per heavy atom. The third kappa shape index (κ3) is 3.74. The zero-order chi connectivity index (χ0) is 29.2. The van der Waals surface area contributed by atoms with Crippen molar-refractivity contribution in [3.8, 4) is 22.4 Å². The summed E-state index contributed by atoms with van der Waals surface area (Å²) < 4.78 is 1.83. The second-order valence-corrected chi connectivity index (χ2v) is 11.4. The summed E-state index contributed by atoms with van der Waals surface area (Å²) in [6.07, 6.45) is 2.70. The molecular formula is C40H25N3O. The van der Waals surface area contributed by atoms with Crippen LogP contribution in [0.3, 0.4) is 0 Å². The van der Waals surface area contributed by atoms with Crippen LogP contribution < -0.4 is 5.56 Å². The molecule has 0 bridgehead atoms. The van der Waals surface area contributed by atoms with Gasteiger partial charge in [-0.05, 0) is 65.1 Å². The van der Waals surface area contributed by atoms with Crippen LogP contribution in [0.2, 0.25) is 0 Å². The first-order chi connectivity index (χ1) is 21.7. The Labute approximate surface area is 252 Å². The minimum Gasteiger partial charge on any atom is -0.273 e. The van der Waals surface area contributed by atoms with E-state index in [-0.39, 0.29) is 5.56 Å². The van der Waals surface area contributed by atoms with Gasteiger partial charge in [0.05, 0.1) is 27.8 Å². The maximum Gasteiger partial charge on any atom is 0.263 e. The summed E-state index contributed by atoms with van der Waals surface area (Å²) in [6, 6.07) is 46.0. The van der Waals surface area contributed by atoms with Crippen LogP contribution in [0.15, 0.2) is 144 Å². The van der Waals surface area contributed by atoms with Crippen LogP contribution in [0.1, 0.15) is 11.1 Å². The second kappa shape index (κ2) is 9.58. The van der Waals surface area contributed by atoms with Crippen molar-refractivity contribution in [1.29, 1.82) is 0 Å². The van der Waals surface area contributed by atoms with Crippen molar-refractivity contribution in [2.45, 2.75) is 6.42 Å². The third-order valence-corrected chi connectivity index (χ3v) is 8.84. The monoisotopic (exact) mass is 563 g/mol. The molecule has 4 heteroatoms. The number of hydrogen-bond acceptors (Lipinski definition) is 3. The van der Waals surface area contributed by atoms with Gasteiger partial charge in [-0.1, -0.05) is 97.1 Å². The molecule has 0 aliphatic heterocycles. The van der Waals surface area contributed by atoms with Gasteiger partial charge in [-0.25, -0.2) is 4.98 Å². The lowest BCUT2D eigenvalue weighted by Crippen LogP contribution is -2.13. The molecule has 44 heavy (non-hydrogen) atoms. The molecule has 0 fully saturated rings. The topological polar surface area (TPSA) is 47.3 Å². The summed E-state index contributed by atoms with van der Waals surface area (Å²) in [6.45, 7) is 0. The van der Waals surface area contributed by atoms with Gasteiger partial charge >= 0.3 is 0 Å². The first kappa shape index (κ1) is 24.7. The molecule has 0 spiro atoms. The van der Waals surface area contributed by atoms with Gasteiger partial charge in [0.1, 0.15) is 0 Å². The Hall–Kier alpha value is -5.87. The lowest BCUT2D eigenvalue weighted by molar-refractivity contribution is 1.20. The SMILES string of the molecule is O=c1c2ccccc2c2nccc3c4cc(-c5ccc(-c6cc(Cc7ccccc7)c7ccccc7n6)cc5)ccc4n1c32. The highest BCUT2D eigenvalue weighted by atomic mass is 16.1. The minimum absolute atomic E-state index is 0.00674. The number of rotatable bonds is 4. The zero-order valence-corrected chi connectivity index (χ0v) is 23.7. The molecule has 0 N–H and O–H groups in total. The van der Waals surface area contributed by atoms with Gasteiger partial charge in [0.2, 0.25) is 0 Å². The number of benzene rings is 5. The van der Waals surface area contributed by atoms with Gasteiger partial charge < -0.3 is 0 Å². The van der Waals surface area contributed by atoms with E-state index >= 15 is 0 Å². The Morgan fingerprint density at radius 3 is 2.11 bits per heavy atom. The fourth-order valence-corrected chi connectivity index (χ4v) is 6.74. The molecule has 0 unspecified atom stereocenters. The number of para-hydroxylation sites is 1. The Kier molecular flexibility index (Phi) is 5.38. The summed E-state index contributed by atoms with van der Waals surface area (Å²) in [5.41, 5.74) is 10.5. The molecule has 0 saturated heterocycles. The molecule has 0 atom stereocenters. The van der Waals surface area contributed by atoms with E-state index in [0.29, 0.717) is 5.39 Å². The van der Waals surface area contributed by atoms with Gasteiger partial charge in [0.25, 0.3) is 5.56 Å². The highest BCUT2D eigenvalue weighted by molar-refractivity contribution is 6.19. The summed E-state index contributed by atoms with van der Waals surface area (Å²) in [4.78, 5) is 23.4. The predicted octanol–water partition coefficient (Wildman–Crippen LogP) is 9.06. The molecule has 4 nitrogen and oxygen atoms in total. The van der Waals surface area contributed by atoms with Crippen LogP contribution in [0.25, 0.3) is 71.4 Å².